The highest BCUT2D eigenvalue weighted by atomic mass is 32.2. The Morgan fingerprint density at radius 2 is 1.76 bits per heavy atom. The van der Waals surface area contributed by atoms with Gasteiger partial charge in [0.25, 0.3) is 4.90 Å². The lowest BCUT2D eigenvalue weighted by Gasteiger charge is -2.37. The number of rotatable bonds is 8. The quantitative estimate of drug-likeness (QED) is 0.352. The molecule has 2 heterocycles. The van der Waals surface area contributed by atoms with Gasteiger partial charge < -0.3 is 23.8 Å². The molecule has 3 aliphatic rings. The Kier molecular flexibility index (Phi) is 7.56. The van der Waals surface area contributed by atoms with E-state index in [1.807, 2.05) is 24.3 Å². The maximum atomic E-state index is 14.4. The van der Waals surface area contributed by atoms with Crippen LogP contribution in [0.4, 0.5) is 20.2 Å². The van der Waals surface area contributed by atoms with E-state index in [0.29, 0.717) is 30.8 Å². The van der Waals surface area contributed by atoms with Gasteiger partial charge in [-0.05, 0) is 74.2 Å². The van der Waals surface area contributed by atoms with Crippen molar-refractivity contribution >= 4 is 28.6 Å². The normalized spacial score (nSPS) is 19.1. The molecule has 0 radical (unpaired) electrons. The van der Waals surface area contributed by atoms with Gasteiger partial charge in [0.15, 0.2) is 11.6 Å². The first kappa shape index (κ1) is 27.8. The van der Waals surface area contributed by atoms with Gasteiger partial charge in [0.05, 0.1) is 30.4 Å². The van der Waals surface area contributed by atoms with Gasteiger partial charge in [-0.25, -0.2) is 13.5 Å². The summed E-state index contributed by atoms with van der Waals surface area (Å²) in [6.45, 7) is 2.14. The van der Waals surface area contributed by atoms with Crippen LogP contribution in [0.2, 0.25) is 0 Å². The third-order valence-corrected chi connectivity index (χ3v) is 9.68. The molecule has 3 aromatic rings. The van der Waals surface area contributed by atoms with Crippen molar-refractivity contribution in [2.45, 2.75) is 55.1 Å². The number of methoxy groups -OCH3 is 1. The van der Waals surface area contributed by atoms with Crippen LogP contribution in [0.25, 0.3) is 0 Å². The first-order valence-corrected chi connectivity index (χ1v) is 15.0. The van der Waals surface area contributed by atoms with E-state index in [1.165, 1.54) is 6.07 Å². The smallest absolute Gasteiger partial charge is 0.250 e. The number of ether oxygens (including phenoxy) is 2. The zero-order valence-electron chi connectivity index (χ0n) is 23.1. The summed E-state index contributed by atoms with van der Waals surface area (Å²) in [5.41, 5.74) is 2.16. The number of nitrogens with one attached hydrogen (secondary N) is 1. The van der Waals surface area contributed by atoms with Crippen LogP contribution in [0.5, 0.6) is 11.5 Å². The highest BCUT2D eigenvalue weighted by molar-refractivity contribution is 7.92. The Balaban J connectivity index is 1.40. The molecule has 1 spiro atoms. The molecule has 0 unspecified atom stereocenters. The molecule has 41 heavy (non-hydrogen) atoms. The zero-order chi connectivity index (χ0) is 28.7. The van der Waals surface area contributed by atoms with Crippen molar-refractivity contribution in [1.29, 1.82) is 0 Å². The standard InChI is InChI=1S/C31H33F2N3O4S/c1-35-15-11-23(12-16-35)40-27-18-21(34-41(38)29-25(32)5-3-6-26(29)33)17-24-28(27)36(30(37)31(24)13-4-14-31)19-20-7-9-22(39-2)10-8-20/h3,5-10,17-18,23,34H,4,11-16,19H2,1-2H3/t41-/m0/s1. The van der Waals surface area contributed by atoms with E-state index in [9.17, 15) is 18.1 Å². The molecule has 10 heteroatoms. The van der Waals surface area contributed by atoms with Gasteiger partial charge in [-0.15, -0.1) is 0 Å². The van der Waals surface area contributed by atoms with Crippen molar-refractivity contribution in [2.75, 3.05) is 36.9 Å². The first-order valence-electron chi connectivity index (χ1n) is 13.9. The third kappa shape index (κ3) is 5.13. The summed E-state index contributed by atoms with van der Waals surface area (Å²) in [5.74, 6) is -0.525. The molecular weight excluding hydrogens is 548 g/mol. The van der Waals surface area contributed by atoms with E-state index in [4.69, 9.17) is 9.47 Å². The SMILES string of the molecule is COc1ccc(CN2C(=O)C3(CCC3)c3cc(N[S@@+]([O-])c4c(F)cccc4F)cc(OC4CCN(C)CC4)c32)cc1. The molecule has 6 rings (SSSR count). The molecule has 2 aliphatic heterocycles. The minimum absolute atomic E-state index is 0.0150. The average Bonchev–Trinajstić information content (AvgIpc) is 3.18. The number of halogens is 2. The molecule has 3 aromatic carbocycles. The van der Waals surface area contributed by atoms with Crippen LogP contribution in [0.15, 0.2) is 59.5 Å². The predicted octanol–water partition coefficient (Wildman–Crippen LogP) is 5.55. The molecule has 7 nitrogen and oxygen atoms in total. The van der Waals surface area contributed by atoms with E-state index < -0.39 is 33.3 Å². The van der Waals surface area contributed by atoms with E-state index in [1.54, 1.807) is 24.1 Å². The van der Waals surface area contributed by atoms with Crippen molar-refractivity contribution in [3.8, 4) is 11.5 Å². The number of piperidine rings is 1. The summed E-state index contributed by atoms with van der Waals surface area (Å²) in [5, 5.41) is 0. The van der Waals surface area contributed by atoms with E-state index in [2.05, 4.69) is 16.7 Å². The summed E-state index contributed by atoms with van der Waals surface area (Å²) < 4.78 is 56.7. The van der Waals surface area contributed by atoms with Gasteiger partial charge in [0, 0.05) is 19.2 Å². The number of anilines is 2. The van der Waals surface area contributed by atoms with Gasteiger partial charge in [-0.2, -0.15) is 0 Å². The number of amides is 1. The third-order valence-electron chi connectivity index (χ3n) is 8.50. The maximum absolute atomic E-state index is 14.4. The van der Waals surface area contributed by atoms with Crippen LogP contribution in [0, 0.1) is 11.6 Å². The van der Waals surface area contributed by atoms with Crippen molar-refractivity contribution in [1.82, 2.24) is 4.90 Å². The van der Waals surface area contributed by atoms with Crippen LogP contribution < -0.4 is 19.1 Å². The van der Waals surface area contributed by atoms with Crippen molar-refractivity contribution < 1.29 is 27.6 Å². The number of benzene rings is 3. The average molecular weight is 582 g/mol. The second-order valence-electron chi connectivity index (χ2n) is 11.1. The minimum Gasteiger partial charge on any atom is -0.588 e. The number of carbonyl (C=O) groups excluding carboxylic acids is 1. The summed E-state index contributed by atoms with van der Waals surface area (Å²) in [4.78, 5) is 17.6. The molecule has 1 atom stereocenters. The first-order chi connectivity index (χ1) is 19.8. The van der Waals surface area contributed by atoms with Gasteiger partial charge in [-0.3, -0.25) is 4.79 Å². The fraction of sp³-hybridized carbons (Fsp3) is 0.387. The summed E-state index contributed by atoms with van der Waals surface area (Å²) >= 11 is -2.21. The molecule has 1 aliphatic carbocycles. The number of nitrogens with zero attached hydrogens (tertiary/aromatic N) is 2. The number of likely N-dealkylation sites (tertiary alicyclic amines) is 1. The highest BCUT2D eigenvalue weighted by Gasteiger charge is 2.55. The predicted molar refractivity (Wildman–Crippen MR) is 154 cm³/mol. The van der Waals surface area contributed by atoms with Gasteiger partial charge in [0.1, 0.15) is 29.0 Å². The Bertz CT molecular complexity index is 1420. The second kappa shape index (κ2) is 11.2. The molecule has 0 bridgehead atoms. The molecule has 216 valence electrons. The number of hydrogen-bond donors (Lipinski definition) is 1. The minimum atomic E-state index is -2.21. The van der Waals surface area contributed by atoms with Crippen LogP contribution in [-0.2, 0) is 28.1 Å². The molecular formula is C31H33F2N3O4S. The largest absolute Gasteiger partial charge is 0.588 e. The summed E-state index contributed by atoms with van der Waals surface area (Å²) in [7, 11) is 3.69. The van der Waals surface area contributed by atoms with Crippen molar-refractivity contribution in [3.63, 3.8) is 0 Å². The van der Waals surface area contributed by atoms with Crippen molar-refractivity contribution in [2.24, 2.45) is 0 Å². The summed E-state index contributed by atoms with van der Waals surface area (Å²) in [6.07, 6.45) is 3.90. The van der Waals surface area contributed by atoms with E-state index in [0.717, 1.165) is 67.0 Å². The van der Waals surface area contributed by atoms with E-state index in [-0.39, 0.29) is 12.0 Å². The van der Waals surface area contributed by atoms with Crippen LogP contribution in [0.3, 0.4) is 0 Å². The number of hydrogen-bond acceptors (Lipinski definition) is 6. The fourth-order valence-electron chi connectivity index (χ4n) is 6.05. The molecule has 1 amide bonds. The van der Waals surface area contributed by atoms with Crippen molar-refractivity contribution in [3.05, 3.63) is 77.4 Å². The molecule has 1 saturated heterocycles. The summed E-state index contributed by atoms with van der Waals surface area (Å²) in [6, 6.07) is 14.5. The van der Waals surface area contributed by atoms with Gasteiger partial charge in [0.2, 0.25) is 5.91 Å². The number of carbonyl (C=O) groups is 1. The van der Waals surface area contributed by atoms with Crippen LogP contribution in [0.1, 0.15) is 43.2 Å². The van der Waals surface area contributed by atoms with Gasteiger partial charge >= 0.3 is 0 Å². The topological polar surface area (TPSA) is 77.1 Å². The van der Waals surface area contributed by atoms with Gasteiger partial charge in [-0.1, -0.05) is 24.6 Å². The fourth-order valence-corrected chi connectivity index (χ4v) is 6.98. The molecule has 0 aromatic heterocycles. The zero-order valence-corrected chi connectivity index (χ0v) is 23.9. The molecule has 2 fully saturated rings. The van der Waals surface area contributed by atoms with Crippen LogP contribution in [-0.4, -0.2) is 48.7 Å². The Labute approximate surface area is 241 Å². The van der Waals surface area contributed by atoms with E-state index >= 15 is 0 Å². The Morgan fingerprint density at radius 1 is 1.07 bits per heavy atom. The van der Waals surface area contributed by atoms with Crippen LogP contribution >= 0.6 is 0 Å². The Hall–Kier alpha value is -3.34. The monoisotopic (exact) mass is 581 g/mol. The molecule has 1 saturated carbocycles. The Morgan fingerprint density at radius 3 is 2.37 bits per heavy atom. The number of fused-ring (bicyclic) bond motifs is 2. The molecule has 1 N–H and O–H groups in total. The highest BCUT2D eigenvalue weighted by Crippen LogP contribution is 2.57. The maximum Gasteiger partial charge on any atom is 0.250 e. The lowest BCUT2D eigenvalue weighted by Crippen LogP contribution is -2.44. The lowest BCUT2D eigenvalue weighted by molar-refractivity contribution is -0.126. The lowest BCUT2D eigenvalue weighted by atomic mass is 9.65. The second-order valence-corrected chi connectivity index (χ2v) is 12.2.